The number of ether oxygens (including phenoxy) is 3. The second-order valence-electron chi connectivity index (χ2n) is 7.60. The summed E-state index contributed by atoms with van der Waals surface area (Å²) in [7, 11) is 3.19. The van der Waals surface area contributed by atoms with Crippen molar-refractivity contribution >= 4 is 16.8 Å². The number of hydrogen-bond donors (Lipinski definition) is 2. The van der Waals surface area contributed by atoms with Crippen molar-refractivity contribution in [2.75, 3.05) is 27.4 Å². The minimum Gasteiger partial charge on any atom is -0.496 e. The van der Waals surface area contributed by atoms with E-state index in [4.69, 9.17) is 14.2 Å². The smallest absolute Gasteiger partial charge is 0.255 e. The highest BCUT2D eigenvalue weighted by molar-refractivity contribution is 5.97. The Kier molecular flexibility index (Phi) is 6.83. The van der Waals surface area contributed by atoms with Crippen molar-refractivity contribution < 1.29 is 19.0 Å². The number of methoxy groups -OCH3 is 2. The summed E-state index contributed by atoms with van der Waals surface area (Å²) < 4.78 is 16.6. The van der Waals surface area contributed by atoms with Gasteiger partial charge in [-0.15, -0.1) is 0 Å². The van der Waals surface area contributed by atoms with Crippen LogP contribution in [0.15, 0.2) is 72.9 Å². The Labute approximate surface area is 193 Å². The number of rotatable bonds is 9. The quantitative estimate of drug-likeness (QED) is 0.375. The highest BCUT2D eigenvalue weighted by atomic mass is 16.5. The van der Waals surface area contributed by atoms with Crippen LogP contribution in [0.5, 0.6) is 17.2 Å². The molecule has 4 aromatic rings. The Bertz CT molecular complexity index is 1250. The molecule has 2 N–H and O–H groups in total. The number of para-hydroxylation sites is 2. The van der Waals surface area contributed by atoms with Crippen LogP contribution in [0.1, 0.15) is 34.3 Å². The zero-order valence-corrected chi connectivity index (χ0v) is 19.1. The molecule has 6 heteroatoms. The zero-order valence-electron chi connectivity index (χ0n) is 19.1. The van der Waals surface area contributed by atoms with Crippen LogP contribution in [-0.2, 0) is 0 Å². The van der Waals surface area contributed by atoms with Gasteiger partial charge in [-0.25, -0.2) is 0 Å². The molecule has 1 atom stereocenters. The zero-order chi connectivity index (χ0) is 23.2. The lowest BCUT2D eigenvalue weighted by Crippen LogP contribution is -2.29. The predicted octanol–water partition coefficient (Wildman–Crippen LogP) is 5.15. The molecule has 1 heterocycles. The first-order valence-electron chi connectivity index (χ1n) is 10.9. The second-order valence-corrected chi connectivity index (χ2v) is 7.60. The number of fused-ring (bicyclic) bond motifs is 1. The third-order valence-electron chi connectivity index (χ3n) is 5.70. The van der Waals surface area contributed by atoms with Gasteiger partial charge in [-0.3, -0.25) is 4.79 Å². The van der Waals surface area contributed by atoms with Gasteiger partial charge in [0.15, 0.2) is 11.5 Å². The summed E-state index contributed by atoms with van der Waals surface area (Å²) in [5, 5.41) is 4.21. The van der Waals surface area contributed by atoms with Gasteiger partial charge in [0.1, 0.15) is 5.75 Å². The number of carbonyl (C=O) groups is 1. The Balaban J connectivity index is 1.70. The molecule has 0 spiro atoms. The first-order chi connectivity index (χ1) is 16.2. The van der Waals surface area contributed by atoms with Crippen molar-refractivity contribution in [3.63, 3.8) is 0 Å². The lowest BCUT2D eigenvalue weighted by Gasteiger charge is -2.20. The number of carbonyl (C=O) groups excluding carboxylic acids is 1. The van der Waals surface area contributed by atoms with Gasteiger partial charge in [0.05, 0.1) is 26.4 Å². The minimum absolute atomic E-state index is 0.107. The maximum atomic E-state index is 13.0. The van der Waals surface area contributed by atoms with E-state index < -0.39 is 0 Å². The summed E-state index contributed by atoms with van der Waals surface area (Å²) >= 11 is 0. The van der Waals surface area contributed by atoms with Gasteiger partial charge in [-0.1, -0.05) is 36.4 Å². The molecule has 0 saturated heterocycles. The third-order valence-corrected chi connectivity index (χ3v) is 5.70. The SMILES string of the molecule is CCOc1ccc(C(CNC(=O)c2ccccc2OC)c2c[nH]c3ccccc23)cc1OC. The molecule has 0 saturated carbocycles. The van der Waals surface area contributed by atoms with E-state index in [0.29, 0.717) is 36.0 Å². The van der Waals surface area contributed by atoms with Crippen LogP contribution in [0.3, 0.4) is 0 Å². The molecule has 0 aliphatic heterocycles. The molecule has 6 nitrogen and oxygen atoms in total. The first kappa shape index (κ1) is 22.3. The predicted molar refractivity (Wildman–Crippen MR) is 130 cm³/mol. The summed E-state index contributed by atoms with van der Waals surface area (Å²) in [5.74, 6) is 1.61. The molecule has 0 aliphatic carbocycles. The van der Waals surface area contributed by atoms with E-state index in [1.165, 1.54) is 0 Å². The molecule has 3 aromatic carbocycles. The van der Waals surface area contributed by atoms with Gasteiger partial charge in [-0.05, 0) is 48.4 Å². The van der Waals surface area contributed by atoms with Crippen LogP contribution in [0.4, 0.5) is 0 Å². The van der Waals surface area contributed by atoms with Gasteiger partial charge in [0.2, 0.25) is 0 Å². The van der Waals surface area contributed by atoms with E-state index in [1.807, 2.05) is 61.7 Å². The topological polar surface area (TPSA) is 72.6 Å². The molecule has 1 unspecified atom stereocenters. The van der Waals surface area contributed by atoms with Crippen molar-refractivity contribution in [1.82, 2.24) is 10.3 Å². The monoisotopic (exact) mass is 444 g/mol. The molecule has 4 rings (SSSR count). The van der Waals surface area contributed by atoms with Gasteiger partial charge >= 0.3 is 0 Å². The highest BCUT2D eigenvalue weighted by Gasteiger charge is 2.22. The fourth-order valence-corrected chi connectivity index (χ4v) is 4.09. The number of aromatic amines is 1. The van der Waals surface area contributed by atoms with Crippen LogP contribution in [0.2, 0.25) is 0 Å². The van der Waals surface area contributed by atoms with Crippen LogP contribution >= 0.6 is 0 Å². The van der Waals surface area contributed by atoms with Gasteiger partial charge < -0.3 is 24.5 Å². The van der Waals surface area contributed by atoms with Crippen LogP contribution < -0.4 is 19.5 Å². The summed E-state index contributed by atoms with van der Waals surface area (Å²) in [6.07, 6.45) is 2.01. The van der Waals surface area contributed by atoms with Gasteiger partial charge in [0, 0.05) is 29.6 Å². The van der Waals surface area contributed by atoms with Gasteiger partial charge in [-0.2, -0.15) is 0 Å². The molecule has 0 fully saturated rings. The number of aromatic nitrogens is 1. The van der Waals surface area contributed by atoms with Crippen molar-refractivity contribution in [2.24, 2.45) is 0 Å². The van der Waals surface area contributed by atoms with E-state index in [-0.39, 0.29) is 11.8 Å². The normalized spacial score (nSPS) is 11.7. The second kappa shape index (κ2) is 10.1. The lowest BCUT2D eigenvalue weighted by molar-refractivity contribution is 0.0949. The first-order valence-corrected chi connectivity index (χ1v) is 10.9. The Hall–Kier alpha value is -3.93. The Morgan fingerprint density at radius 3 is 2.48 bits per heavy atom. The molecule has 1 aromatic heterocycles. The number of benzene rings is 3. The molecular weight excluding hydrogens is 416 g/mol. The van der Waals surface area contributed by atoms with E-state index in [0.717, 1.165) is 22.0 Å². The number of nitrogens with one attached hydrogen (secondary N) is 2. The van der Waals surface area contributed by atoms with E-state index in [1.54, 1.807) is 26.4 Å². The van der Waals surface area contributed by atoms with Crippen molar-refractivity contribution in [3.05, 3.63) is 89.6 Å². The van der Waals surface area contributed by atoms with E-state index in [2.05, 4.69) is 16.4 Å². The highest BCUT2D eigenvalue weighted by Crippen LogP contribution is 2.36. The summed E-state index contributed by atoms with van der Waals surface area (Å²) in [6, 6.07) is 21.3. The summed E-state index contributed by atoms with van der Waals surface area (Å²) in [6.45, 7) is 2.89. The molecular formula is C27H28N2O4. The lowest BCUT2D eigenvalue weighted by atomic mass is 9.90. The molecule has 170 valence electrons. The maximum Gasteiger partial charge on any atom is 0.255 e. The van der Waals surface area contributed by atoms with E-state index in [9.17, 15) is 4.79 Å². The van der Waals surface area contributed by atoms with Gasteiger partial charge in [0.25, 0.3) is 5.91 Å². The maximum absolute atomic E-state index is 13.0. The standard InChI is InChI=1S/C27H28N2O4/c1-4-33-25-14-13-18(15-26(25)32-3)21(22-17-28-23-11-7-5-9-19(22)23)16-29-27(30)20-10-6-8-12-24(20)31-2/h5-15,17,21,28H,4,16H2,1-3H3,(H,29,30). The molecule has 1 amide bonds. The largest absolute Gasteiger partial charge is 0.496 e. The fourth-order valence-electron chi connectivity index (χ4n) is 4.09. The molecule has 0 aliphatic rings. The third kappa shape index (κ3) is 4.65. The summed E-state index contributed by atoms with van der Waals surface area (Å²) in [4.78, 5) is 16.4. The van der Waals surface area contributed by atoms with Crippen LogP contribution in [-0.4, -0.2) is 38.3 Å². The minimum atomic E-state index is -0.185. The fraction of sp³-hybridized carbons (Fsp3) is 0.222. The summed E-state index contributed by atoms with van der Waals surface area (Å²) in [5.41, 5.74) is 3.66. The number of H-pyrrole nitrogens is 1. The van der Waals surface area contributed by atoms with E-state index >= 15 is 0 Å². The van der Waals surface area contributed by atoms with Crippen LogP contribution in [0.25, 0.3) is 10.9 Å². The molecule has 33 heavy (non-hydrogen) atoms. The number of amides is 1. The molecule has 0 radical (unpaired) electrons. The van der Waals surface area contributed by atoms with Crippen LogP contribution in [0, 0.1) is 0 Å². The Morgan fingerprint density at radius 1 is 0.939 bits per heavy atom. The average Bonchev–Trinajstić information content (AvgIpc) is 3.28. The van der Waals surface area contributed by atoms with Crippen molar-refractivity contribution in [2.45, 2.75) is 12.8 Å². The average molecular weight is 445 g/mol. The Morgan fingerprint density at radius 2 is 1.70 bits per heavy atom. The molecule has 0 bridgehead atoms. The van der Waals surface area contributed by atoms with Crippen molar-refractivity contribution in [1.29, 1.82) is 0 Å². The number of hydrogen-bond acceptors (Lipinski definition) is 4. The van der Waals surface area contributed by atoms with Crippen molar-refractivity contribution in [3.8, 4) is 17.2 Å².